The molecule has 0 unspecified atom stereocenters. The smallest absolute Gasteiger partial charge is 0.219 e. The van der Waals surface area contributed by atoms with Crippen LogP contribution in [0.25, 0.3) is 0 Å². The minimum atomic E-state index is 0.0652. The summed E-state index contributed by atoms with van der Waals surface area (Å²) >= 11 is 0. The Morgan fingerprint density at radius 2 is 2.00 bits per heavy atom. The van der Waals surface area contributed by atoms with Crippen LogP contribution in [0.2, 0.25) is 0 Å². The molecule has 1 heterocycles. The molecular weight excluding hydrogens is 206 g/mol. The Morgan fingerprint density at radius 3 is 2.38 bits per heavy atom. The van der Waals surface area contributed by atoms with Gasteiger partial charge < -0.3 is 15.8 Å². The molecule has 1 saturated heterocycles. The number of ether oxygens (including phenoxy) is 1. The molecule has 0 atom stereocenters. The number of nitrogens with two attached hydrogens (primary N) is 1. The molecule has 0 saturated carbocycles. The number of carbonyl (C=O) groups is 1. The summed E-state index contributed by atoms with van der Waals surface area (Å²) < 4.78 is 5.16. The van der Waals surface area contributed by atoms with Crippen molar-refractivity contribution in [1.82, 2.24) is 10.2 Å². The van der Waals surface area contributed by atoms with Gasteiger partial charge >= 0.3 is 0 Å². The van der Waals surface area contributed by atoms with Crippen LogP contribution in [0, 0.1) is 0 Å². The third-order valence-electron chi connectivity index (χ3n) is 2.34. The van der Waals surface area contributed by atoms with Crippen molar-refractivity contribution in [3.8, 4) is 0 Å². The number of morpholine rings is 1. The summed E-state index contributed by atoms with van der Waals surface area (Å²) in [5.74, 6) is 0.0652. The Bertz CT molecular complexity index is 171. The molecule has 0 aromatic carbocycles. The molecule has 1 aliphatic rings. The first-order valence-electron chi connectivity index (χ1n) is 6.01. The number of amides is 1. The van der Waals surface area contributed by atoms with Gasteiger partial charge in [0.2, 0.25) is 5.91 Å². The third-order valence-corrected chi connectivity index (χ3v) is 2.34. The number of carbonyl (C=O) groups excluding carboxylic acids is 1. The largest absolute Gasteiger partial charge is 0.379 e. The van der Waals surface area contributed by atoms with Gasteiger partial charge in [-0.05, 0) is 6.54 Å². The van der Waals surface area contributed by atoms with Gasteiger partial charge in [-0.25, -0.2) is 0 Å². The SMILES string of the molecule is CCC(=O)NCCN.CCN1CCOCC1. The second-order valence-corrected chi connectivity index (χ2v) is 3.54. The van der Waals surface area contributed by atoms with E-state index in [4.69, 9.17) is 10.5 Å². The lowest BCUT2D eigenvalue weighted by molar-refractivity contribution is -0.120. The van der Waals surface area contributed by atoms with Crippen molar-refractivity contribution in [2.45, 2.75) is 20.3 Å². The van der Waals surface area contributed by atoms with Gasteiger partial charge in [0.1, 0.15) is 0 Å². The predicted molar refractivity (Wildman–Crippen MR) is 65.3 cm³/mol. The summed E-state index contributed by atoms with van der Waals surface area (Å²) in [5.41, 5.74) is 5.12. The van der Waals surface area contributed by atoms with Gasteiger partial charge in [0.15, 0.2) is 0 Å². The molecule has 0 radical (unpaired) electrons. The van der Waals surface area contributed by atoms with Crippen molar-refractivity contribution in [3.63, 3.8) is 0 Å². The normalized spacial score (nSPS) is 16.2. The maximum absolute atomic E-state index is 10.4. The lowest BCUT2D eigenvalue weighted by Gasteiger charge is -2.24. The average Bonchev–Trinajstić information content (AvgIpc) is 2.37. The summed E-state index contributed by atoms with van der Waals surface area (Å²) in [6.45, 7) is 10.4. The first-order chi connectivity index (χ1) is 7.74. The summed E-state index contributed by atoms with van der Waals surface area (Å²) in [6, 6.07) is 0. The summed E-state index contributed by atoms with van der Waals surface area (Å²) in [6.07, 6.45) is 0.542. The van der Waals surface area contributed by atoms with E-state index >= 15 is 0 Å². The van der Waals surface area contributed by atoms with Crippen LogP contribution in [0.1, 0.15) is 20.3 Å². The van der Waals surface area contributed by atoms with Crippen LogP contribution in [0.15, 0.2) is 0 Å². The van der Waals surface area contributed by atoms with Crippen LogP contribution < -0.4 is 11.1 Å². The van der Waals surface area contributed by atoms with Gasteiger partial charge in [-0.1, -0.05) is 13.8 Å². The Balaban J connectivity index is 0.000000281. The predicted octanol–water partition coefficient (Wildman–Crippen LogP) is -0.190. The van der Waals surface area contributed by atoms with Crippen molar-refractivity contribution >= 4 is 5.91 Å². The van der Waals surface area contributed by atoms with Gasteiger partial charge in [-0.2, -0.15) is 0 Å². The average molecular weight is 231 g/mol. The maximum atomic E-state index is 10.4. The summed E-state index contributed by atoms with van der Waals surface area (Å²) in [4.78, 5) is 12.8. The van der Waals surface area contributed by atoms with E-state index < -0.39 is 0 Å². The molecule has 5 nitrogen and oxygen atoms in total. The molecule has 3 N–H and O–H groups in total. The molecule has 0 bridgehead atoms. The minimum absolute atomic E-state index is 0.0652. The van der Waals surface area contributed by atoms with E-state index in [2.05, 4.69) is 17.1 Å². The van der Waals surface area contributed by atoms with Crippen molar-refractivity contribution in [2.75, 3.05) is 45.9 Å². The second kappa shape index (κ2) is 10.9. The molecular formula is C11H25N3O2. The first kappa shape index (κ1) is 15.3. The fourth-order valence-corrected chi connectivity index (χ4v) is 1.25. The molecule has 0 aromatic rings. The van der Waals surface area contributed by atoms with Crippen LogP contribution in [0.4, 0.5) is 0 Å². The Kier molecular flexibility index (Phi) is 10.4. The van der Waals surface area contributed by atoms with E-state index in [9.17, 15) is 4.79 Å². The van der Waals surface area contributed by atoms with E-state index in [-0.39, 0.29) is 5.91 Å². The first-order valence-corrected chi connectivity index (χ1v) is 6.01. The Labute approximate surface area is 98.3 Å². The maximum Gasteiger partial charge on any atom is 0.219 e. The zero-order valence-electron chi connectivity index (χ0n) is 10.5. The molecule has 1 fully saturated rings. The van der Waals surface area contributed by atoms with Crippen LogP contribution in [0.3, 0.4) is 0 Å². The molecule has 0 aromatic heterocycles. The Morgan fingerprint density at radius 1 is 1.38 bits per heavy atom. The van der Waals surface area contributed by atoms with Crippen LogP contribution >= 0.6 is 0 Å². The van der Waals surface area contributed by atoms with E-state index in [0.717, 1.165) is 26.3 Å². The quantitative estimate of drug-likeness (QED) is 0.704. The van der Waals surface area contributed by atoms with E-state index in [1.807, 2.05) is 6.92 Å². The van der Waals surface area contributed by atoms with Crippen molar-refractivity contribution in [1.29, 1.82) is 0 Å². The molecule has 5 heteroatoms. The van der Waals surface area contributed by atoms with E-state index in [1.54, 1.807) is 0 Å². The zero-order valence-corrected chi connectivity index (χ0v) is 10.5. The van der Waals surface area contributed by atoms with Gasteiger partial charge in [-0.15, -0.1) is 0 Å². The third kappa shape index (κ3) is 8.64. The topological polar surface area (TPSA) is 67.6 Å². The fraction of sp³-hybridized carbons (Fsp3) is 0.909. The zero-order chi connectivity index (χ0) is 12.2. The second-order valence-electron chi connectivity index (χ2n) is 3.54. The Hall–Kier alpha value is -0.650. The van der Waals surface area contributed by atoms with E-state index in [1.165, 1.54) is 6.54 Å². The molecule has 0 spiro atoms. The van der Waals surface area contributed by atoms with Gasteiger partial charge in [0.05, 0.1) is 13.2 Å². The van der Waals surface area contributed by atoms with Gasteiger partial charge in [0, 0.05) is 32.6 Å². The van der Waals surface area contributed by atoms with Crippen LogP contribution in [-0.2, 0) is 9.53 Å². The standard InChI is InChI=1S/C6H13NO.C5H12N2O/c1-2-7-3-5-8-6-4-7;1-2-5(8)7-4-3-6/h2-6H2,1H3;2-4,6H2,1H3,(H,7,8). The molecule has 1 rings (SSSR count). The summed E-state index contributed by atoms with van der Waals surface area (Å²) in [5, 5.41) is 2.62. The van der Waals surface area contributed by atoms with Crippen molar-refractivity contribution in [3.05, 3.63) is 0 Å². The number of nitrogens with zero attached hydrogens (tertiary/aromatic N) is 1. The number of nitrogens with one attached hydrogen (secondary N) is 1. The molecule has 0 aliphatic carbocycles. The highest BCUT2D eigenvalue weighted by Gasteiger charge is 2.05. The summed E-state index contributed by atoms with van der Waals surface area (Å²) in [7, 11) is 0. The molecule has 96 valence electrons. The van der Waals surface area contributed by atoms with Crippen molar-refractivity contribution < 1.29 is 9.53 Å². The molecule has 16 heavy (non-hydrogen) atoms. The number of hydrogen-bond acceptors (Lipinski definition) is 4. The van der Waals surface area contributed by atoms with E-state index in [0.29, 0.717) is 19.5 Å². The van der Waals surface area contributed by atoms with Crippen LogP contribution in [-0.4, -0.2) is 56.7 Å². The minimum Gasteiger partial charge on any atom is -0.379 e. The fourth-order valence-electron chi connectivity index (χ4n) is 1.25. The van der Waals surface area contributed by atoms with Gasteiger partial charge in [0.25, 0.3) is 0 Å². The lowest BCUT2D eigenvalue weighted by atomic mass is 10.4. The molecule has 1 amide bonds. The van der Waals surface area contributed by atoms with Crippen molar-refractivity contribution in [2.24, 2.45) is 5.73 Å². The highest BCUT2D eigenvalue weighted by Crippen LogP contribution is 1.93. The number of hydrogen-bond donors (Lipinski definition) is 2. The highest BCUT2D eigenvalue weighted by atomic mass is 16.5. The highest BCUT2D eigenvalue weighted by molar-refractivity contribution is 5.75. The monoisotopic (exact) mass is 231 g/mol. The number of rotatable bonds is 4. The van der Waals surface area contributed by atoms with Gasteiger partial charge in [-0.3, -0.25) is 9.69 Å². The molecule has 1 aliphatic heterocycles. The lowest BCUT2D eigenvalue weighted by Crippen LogP contribution is -2.35. The number of likely N-dealkylation sites (N-methyl/N-ethyl adjacent to an activating group) is 1. The van der Waals surface area contributed by atoms with Crippen LogP contribution in [0.5, 0.6) is 0 Å².